The van der Waals surface area contributed by atoms with Crippen LogP contribution in [0.3, 0.4) is 0 Å². The first-order valence-electron chi connectivity index (χ1n) is 14.1. The molecule has 7 heteroatoms. The molecule has 0 aromatic heterocycles. The van der Waals surface area contributed by atoms with E-state index in [-0.39, 0.29) is 66.6 Å². The van der Waals surface area contributed by atoms with E-state index >= 15 is 0 Å². The summed E-state index contributed by atoms with van der Waals surface area (Å²) in [7, 11) is 1.30. The predicted molar refractivity (Wildman–Crippen MR) is 141 cm³/mol. The number of ether oxygens (including phenoxy) is 1. The van der Waals surface area contributed by atoms with Gasteiger partial charge in [0, 0.05) is 59.5 Å². The van der Waals surface area contributed by atoms with Crippen LogP contribution >= 0.6 is 0 Å². The SMILES string of the molecule is COC(=O)C(C)CC(=O)C[C@@H](C)[C@H]1C[C@H](O)[C@@]2(C)C3=C(C(=O)C[C@]12C)[C@@]1(C)CCC(=O)C(C)(C)C1CC3=O. The van der Waals surface area contributed by atoms with Gasteiger partial charge in [0.25, 0.3) is 0 Å². The molecular formula is C31H44O7. The molecule has 0 radical (unpaired) electrons. The van der Waals surface area contributed by atoms with Crippen LogP contribution in [0.5, 0.6) is 0 Å². The van der Waals surface area contributed by atoms with Crippen LogP contribution in [-0.4, -0.2) is 47.4 Å². The molecule has 4 aliphatic rings. The molecule has 0 aromatic carbocycles. The number of carbonyl (C=O) groups is 5. The Kier molecular flexibility index (Phi) is 6.99. The first-order chi connectivity index (χ1) is 17.5. The molecule has 0 spiro atoms. The van der Waals surface area contributed by atoms with Crippen molar-refractivity contribution in [2.75, 3.05) is 7.11 Å². The molecule has 0 heterocycles. The Hall–Kier alpha value is -2.15. The van der Waals surface area contributed by atoms with E-state index in [1.807, 2.05) is 41.5 Å². The van der Waals surface area contributed by atoms with Crippen molar-refractivity contribution in [2.45, 2.75) is 99.5 Å². The van der Waals surface area contributed by atoms with Gasteiger partial charge in [-0.15, -0.1) is 0 Å². The lowest BCUT2D eigenvalue weighted by Gasteiger charge is -2.59. The van der Waals surface area contributed by atoms with Crippen LogP contribution in [0.25, 0.3) is 0 Å². The summed E-state index contributed by atoms with van der Waals surface area (Å²) in [6.45, 7) is 13.4. The Balaban J connectivity index is 1.72. The summed E-state index contributed by atoms with van der Waals surface area (Å²) in [5, 5.41) is 11.6. The van der Waals surface area contributed by atoms with Gasteiger partial charge in [-0.1, -0.05) is 48.5 Å². The Morgan fingerprint density at radius 3 is 2.24 bits per heavy atom. The molecule has 1 N–H and O–H groups in total. The van der Waals surface area contributed by atoms with Crippen molar-refractivity contribution in [2.24, 2.45) is 45.3 Å². The molecule has 0 aromatic rings. The average Bonchev–Trinajstić information content (AvgIpc) is 3.03. The maximum atomic E-state index is 14.1. The first kappa shape index (κ1) is 28.8. The normalized spacial score (nSPS) is 39.7. The Labute approximate surface area is 226 Å². The first-order valence-corrected chi connectivity index (χ1v) is 14.1. The second-order valence-corrected chi connectivity index (χ2v) is 13.9. The summed E-state index contributed by atoms with van der Waals surface area (Å²) in [6.07, 6.45) is 1.19. The van der Waals surface area contributed by atoms with Crippen molar-refractivity contribution in [3.63, 3.8) is 0 Å². The number of fused-ring (bicyclic) bond motifs is 4. The lowest BCUT2D eigenvalue weighted by Crippen LogP contribution is -2.59. The van der Waals surface area contributed by atoms with E-state index < -0.39 is 39.7 Å². The van der Waals surface area contributed by atoms with Gasteiger partial charge in [-0.3, -0.25) is 24.0 Å². The van der Waals surface area contributed by atoms with Crippen LogP contribution in [0.2, 0.25) is 0 Å². The molecule has 0 saturated heterocycles. The number of carbonyl (C=O) groups excluding carboxylic acids is 5. The molecular weight excluding hydrogens is 484 g/mol. The third kappa shape index (κ3) is 3.82. The molecule has 7 nitrogen and oxygen atoms in total. The predicted octanol–water partition coefficient (Wildman–Crippen LogP) is 4.43. The fourth-order valence-corrected chi connectivity index (χ4v) is 9.12. The molecule has 2 saturated carbocycles. The van der Waals surface area contributed by atoms with Gasteiger partial charge in [0.15, 0.2) is 11.6 Å². The number of Topliss-reactive ketones (excluding diaryl/α,β-unsaturated/α-hetero) is 4. The lowest BCUT2D eigenvalue weighted by molar-refractivity contribution is -0.147. The number of ketones is 4. The van der Waals surface area contributed by atoms with Crippen molar-refractivity contribution in [3.8, 4) is 0 Å². The van der Waals surface area contributed by atoms with Crippen LogP contribution < -0.4 is 0 Å². The van der Waals surface area contributed by atoms with Crippen molar-refractivity contribution in [1.29, 1.82) is 0 Å². The summed E-state index contributed by atoms with van der Waals surface area (Å²) >= 11 is 0. The van der Waals surface area contributed by atoms with Crippen LogP contribution in [0.1, 0.15) is 93.4 Å². The number of rotatable bonds is 6. The van der Waals surface area contributed by atoms with Crippen molar-refractivity contribution in [1.82, 2.24) is 0 Å². The summed E-state index contributed by atoms with van der Waals surface area (Å²) in [5.74, 6) is -1.59. The lowest BCUT2D eigenvalue weighted by atomic mass is 9.42. The molecule has 0 aliphatic heterocycles. The van der Waals surface area contributed by atoms with Gasteiger partial charge < -0.3 is 9.84 Å². The Bertz CT molecular complexity index is 1130. The van der Waals surface area contributed by atoms with Crippen LogP contribution in [0.15, 0.2) is 11.1 Å². The minimum atomic E-state index is -0.922. The van der Waals surface area contributed by atoms with E-state index in [2.05, 4.69) is 0 Å². The third-order valence-corrected chi connectivity index (χ3v) is 11.6. The van der Waals surface area contributed by atoms with Crippen molar-refractivity contribution < 1.29 is 33.8 Å². The van der Waals surface area contributed by atoms with E-state index in [4.69, 9.17) is 4.74 Å². The van der Waals surface area contributed by atoms with Gasteiger partial charge in [0.1, 0.15) is 11.6 Å². The maximum Gasteiger partial charge on any atom is 0.308 e. The number of aliphatic hydroxyl groups excluding tert-OH is 1. The highest BCUT2D eigenvalue weighted by atomic mass is 16.5. The van der Waals surface area contributed by atoms with E-state index in [0.717, 1.165) is 0 Å². The largest absolute Gasteiger partial charge is 0.469 e. The summed E-state index contributed by atoms with van der Waals surface area (Å²) in [6, 6.07) is 0. The number of esters is 1. The minimum absolute atomic E-state index is 0.0531. The quantitative estimate of drug-likeness (QED) is 0.507. The number of allylic oxidation sites excluding steroid dienone is 1. The topological polar surface area (TPSA) is 115 Å². The van der Waals surface area contributed by atoms with E-state index in [1.165, 1.54) is 7.11 Å². The highest BCUT2D eigenvalue weighted by Gasteiger charge is 2.70. The molecule has 4 aliphatic carbocycles. The summed E-state index contributed by atoms with van der Waals surface area (Å²) in [4.78, 5) is 65.5. The number of hydrogen-bond acceptors (Lipinski definition) is 7. The average molecular weight is 529 g/mol. The van der Waals surface area contributed by atoms with Gasteiger partial charge in [0.05, 0.1) is 19.1 Å². The standard InChI is InChI=1S/C31H44O7/c1-16(11-18(32)12-17(2)27(37)38-8)19-13-24(36)31(7)26-20(33)14-22-28(3,4)23(35)9-10-29(22,5)25(26)21(34)15-30(19,31)6/h16-17,19,22,24,36H,9-15H2,1-8H3/t16-,17?,19-,22?,24+,29+,30-,31+/m1/s1. The molecule has 8 atom stereocenters. The fourth-order valence-electron chi connectivity index (χ4n) is 9.12. The van der Waals surface area contributed by atoms with Crippen LogP contribution in [0, 0.1) is 45.3 Å². The molecule has 4 rings (SSSR count). The highest BCUT2D eigenvalue weighted by Crippen LogP contribution is 2.70. The number of methoxy groups -OCH3 is 1. The van der Waals surface area contributed by atoms with E-state index in [1.54, 1.807) is 6.92 Å². The van der Waals surface area contributed by atoms with Gasteiger partial charge in [-0.2, -0.15) is 0 Å². The molecule has 2 fully saturated rings. The molecule has 0 amide bonds. The second-order valence-electron chi connectivity index (χ2n) is 13.9. The minimum Gasteiger partial charge on any atom is -0.469 e. The zero-order valence-electron chi connectivity index (χ0n) is 24.2. The molecule has 210 valence electrons. The highest BCUT2D eigenvalue weighted by molar-refractivity contribution is 6.12. The van der Waals surface area contributed by atoms with Crippen molar-refractivity contribution >= 4 is 29.1 Å². The third-order valence-electron chi connectivity index (χ3n) is 11.6. The number of aliphatic hydroxyl groups is 1. The van der Waals surface area contributed by atoms with Gasteiger partial charge >= 0.3 is 5.97 Å². The maximum absolute atomic E-state index is 14.1. The smallest absolute Gasteiger partial charge is 0.308 e. The zero-order valence-corrected chi connectivity index (χ0v) is 24.2. The summed E-state index contributed by atoms with van der Waals surface area (Å²) in [5.41, 5.74) is -1.88. The van der Waals surface area contributed by atoms with Gasteiger partial charge in [-0.05, 0) is 36.0 Å². The molecule has 0 bridgehead atoms. The van der Waals surface area contributed by atoms with Crippen LogP contribution in [-0.2, 0) is 28.7 Å². The zero-order chi connectivity index (χ0) is 28.6. The van der Waals surface area contributed by atoms with Crippen molar-refractivity contribution in [3.05, 3.63) is 11.1 Å². The van der Waals surface area contributed by atoms with E-state index in [9.17, 15) is 29.1 Å². The fraction of sp³-hybridized carbons (Fsp3) is 0.774. The Morgan fingerprint density at radius 1 is 1.00 bits per heavy atom. The second kappa shape index (κ2) is 9.21. The molecule has 38 heavy (non-hydrogen) atoms. The van der Waals surface area contributed by atoms with Gasteiger partial charge in [-0.25, -0.2) is 0 Å². The summed E-state index contributed by atoms with van der Waals surface area (Å²) < 4.78 is 4.75. The molecule has 2 unspecified atom stereocenters. The van der Waals surface area contributed by atoms with Crippen LogP contribution in [0.4, 0.5) is 0 Å². The van der Waals surface area contributed by atoms with E-state index in [0.29, 0.717) is 30.4 Å². The monoisotopic (exact) mass is 528 g/mol. The Morgan fingerprint density at radius 2 is 1.63 bits per heavy atom. The van der Waals surface area contributed by atoms with Gasteiger partial charge in [0.2, 0.25) is 0 Å². The number of hydrogen-bond donors (Lipinski definition) is 1.